The van der Waals surface area contributed by atoms with Crippen LogP contribution in [-0.4, -0.2) is 41.2 Å². The van der Waals surface area contributed by atoms with Gasteiger partial charge in [0.2, 0.25) is 5.88 Å². The number of benzene rings is 2. The molecular formula is C30H33FN2O4. The number of nitrogens with zero attached hydrogens (tertiary/aromatic N) is 2. The first-order valence-corrected chi connectivity index (χ1v) is 13.0. The van der Waals surface area contributed by atoms with Gasteiger partial charge in [-0.05, 0) is 79.1 Å². The van der Waals surface area contributed by atoms with E-state index in [-0.39, 0.29) is 11.9 Å². The highest BCUT2D eigenvalue weighted by Gasteiger charge is 2.25. The molecule has 2 atom stereocenters. The average Bonchev–Trinajstić information content (AvgIpc) is 3.42. The van der Waals surface area contributed by atoms with E-state index in [0.29, 0.717) is 17.9 Å². The van der Waals surface area contributed by atoms with E-state index in [1.54, 1.807) is 13.0 Å². The maximum atomic E-state index is 14.9. The smallest absolute Gasteiger partial charge is 0.306 e. The van der Waals surface area contributed by atoms with Gasteiger partial charge in [0.15, 0.2) is 0 Å². The van der Waals surface area contributed by atoms with Crippen molar-refractivity contribution >= 4 is 5.97 Å². The van der Waals surface area contributed by atoms with Crippen molar-refractivity contribution in [3.8, 4) is 22.8 Å². The third kappa shape index (κ3) is 5.62. The van der Waals surface area contributed by atoms with Gasteiger partial charge in [-0.25, -0.2) is 9.37 Å². The molecule has 194 valence electrons. The number of likely N-dealkylation sites (tertiary alicyclic amines) is 1. The SMILES string of the molecule is COc1cc(-c2ccc(C3CCc4ccc(C[C@H](C)C(=O)O)cc4O3)cc2CN2CCCC2)c(F)cn1. The van der Waals surface area contributed by atoms with Crippen molar-refractivity contribution in [1.29, 1.82) is 0 Å². The molecule has 0 bridgehead atoms. The van der Waals surface area contributed by atoms with Crippen molar-refractivity contribution in [1.82, 2.24) is 9.88 Å². The van der Waals surface area contributed by atoms with E-state index in [1.165, 1.54) is 26.1 Å². The van der Waals surface area contributed by atoms with E-state index in [4.69, 9.17) is 9.47 Å². The summed E-state index contributed by atoms with van der Waals surface area (Å²) in [6.07, 6.45) is 5.64. The summed E-state index contributed by atoms with van der Waals surface area (Å²) in [5, 5.41) is 9.28. The van der Waals surface area contributed by atoms with Crippen LogP contribution in [0.3, 0.4) is 0 Å². The van der Waals surface area contributed by atoms with E-state index in [2.05, 4.69) is 22.0 Å². The Bertz CT molecular complexity index is 1290. The number of pyridine rings is 1. The number of carbonyl (C=O) groups is 1. The fourth-order valence-corrected chi connectivity index (χ4v) is 5.34. The topological polar surface area (TPSA) is 71.9 Å². The van der Waals surface area contributed by atoms with Crippen LogP contribution in [0.2, 0.25) is 0 Å². The van der Waals surface area contributed by atoms with E-state index in [9.17, 15) is 14.3 Å². The van der Waals surface area contributed by atoms with Crippen molar-refractivity contribution in [2.75, 3.05) is 20.2 Å². The molecule has 6 nitrogen and oxygen atoms in total. The molecule has 7 heteroatoms. The molecule has 2 aliphatic heterocycles. The Morgan fingerprint density at radius 3 is 2.76 bits per heavy atom. The summed E-state index contributed by atoms with van der Waals surface area (Å²) in [6, 6.07) is 13.9. The standard InChI is InChI=1S/C30H33FN2O4/c1-19(30(34)35)13-20-5-6-21-8-10-27(37-28(21)14-20)22-7-9-24(23(15-22)18-33-11-3-4-12-33)25-16-29(36-2)32-17-26(25)31/h5-7,9,14-17,19,27H,3-4,8,10-13,18H2,1-2H3,(H,34,35)/t19-,27?/m0/s1. The quantitative estimate of drug-likeness (QED) is 0.417. The highest BCUT2D eigenvalue weighted by Crippen LogP contribution is 2.38. The number of aryl methyl sites for hydroxylation is 1. The summed E-state index contributed by atoms with van der Waals surface area (Å²) in [4.78, 5) is 17.7. The molecule has 1 fully saturated rings. The zero-order valence-electron chi connectivity index (χ0n) is 21.4. The number of hydrogen-bond donors (Lipinski definition) is 1. The summed E-state index contributed by atoms with van der Waals surface area (Å²) in [5.74, 6) is -0.424. The van der Waals surface area contributed by atoms with Crippen molar-refractivity contribution in [2.45, 2.75) is 51.7 Å². The summed E-state index contributed by atoms with van der Waals surface area (Å²) < 4.78 is 26.6. The Hall–Kier alpha value is -3.45. The van der Waals surface area contributed by atoms with Crippen LogP contribution in [0, 0.1) is 11.7 Å². The molecule has 0 spiro atoms. The minimum atomic E-state index is -0.801. The van der Waals surface area contributed by atoms with E-state index in [0.717, 1.165) is 66.0 Å². The number of aliphatic carboxylic acids is 1. The molecule has 37 heavy (non-hydrogen) atoms. The molecule has 2 aromatic carbocycles. The summed E-state index contributed by atoms with van der Waals surface area (Å²) in [6.45, 7) is 4.54. The third-order valence-corrected chi connectivity index (χ3v) is 7.46. The third-order valence-electron chi connectivity index (χ3n) is 7.46. The molecule has 0 saturated carbocycles. The monoisotopic (exact) mass is 504 g/mol. The molecule has 5 rings (SSSR count). The lowest BCUT2D eigenvalue weighted by Crippen LogP contribution is -2.20. The molecular weight excluding hydrogens is 471 g/mol. The van der Waals surface area contributed by atoms with E-state index in [1.807, 2.05) is 24.3 Å². The molecule has 0 amide bonds. The maximum absolute atomic E-state index is 14.9. The van der Waals surface area contributed by atoms with Crippen LogP contribution in [0.25, 0.3) is 11.1 Å². The Balaban J connectivity index is 1.45. The number of carboxylic acid groups (broad SMARTS) is 1. The minimum Gasteiger partial charge on any atom is -0.485 e. The highest BCUT2D eigenvalue weighted by molar-refractivity contribution is 5.70. The molecule has 0 aliphatic carbocycles. The van der Waals surface area contributed by atoms with Crippen LogP contribution in [0.1, 0.15) is 54.5 Å². The number of aromatic nitrogens is 1. The van der Waals surface area contributed by atoms with Crippen LogP contribution >= 0.6 is 0 Å². The first kappa shape index (κ1) is 25.2. The van der Waals surface area contributed by atoms with Gasteiger partial charge in [0, 0.05) is 18.2 Å². The van der Waals surface area contributed by atoms with Crippen LogP contribution in [0.4, 0.5) is 4.39 Å². The number of hydrogen-bond acceptors (Lipinski definition) is 5. The summed E-state index contributed by atoms with van der Waals surface area (Å²) >= 11 is 0. The lowest BCUT2D eigenvalue weighted by Gasteiger charge is -2.28. The molecule has 1 N–H and O–H groups in total. The maximum Gasteiger partial charge on any atom is 0.306 e. The lowest BCUT2D eigenvalue weighted by molar-refractivity contribution is -0.141. The first-order valence-electron chi connectivity index (χ1n) is 13.0. The van der Waals surface area contributed by atoms with Gasteiger partial charge in [-0.2, -0.15) is 0 Å². The van der Waals surface area contributed by atoms with E-state index >= 15 is 0 Å². The molecule has 2 aliphatic rings. The van der Waals surface area contributed by atoms with E-state index < -0.39 is 11.9 Å². The largest absolute Gasteiger partial charge is 0.485 e. The second kappa shape index (κ2) is 10.9. The van der Waals surface area contributed by atoms with Gasteiger partial charge in [-0.15, -0.1) is 0 Å². The highest BCUT2D eigenvalue weighted by atomic mass is 19.1. The fraction of sp³-hybridized carbons (Fsp3) is 0.400. The number of carboxylic acids is 1. The van der Waals surface area contributed by atoms with Crippen LogP contribution in [0.15, 0.2) is 48.7 Å². The second-order valence-corrected chi connectivity index (χ2v) is 10.1. The second-order valence-electron chi connectivity index (χ2n) is 10.1. The van der Waals surface area contributed by atoms with Gasteiger partial charge in [-0.3, -0.25) is 9.69 Å². The zero-order chi connectivity index (χ0) is 25.9. The van der Waals surface area contributed by atoms with Crippen molar-refractivity contribution in [3.63, 3.8) is 0 Å². The van der Waals surface area contributed by atoms with Gasteiger partial charge in [0.1, 0.15) is 17.7 Å². The van der Waals surface area contributed by atoms with Crippen LogP contribution < -0.4 is 9.47 Å². The minimum absolute atomic E-state index is 0.122. The Morgan fingerprint density at radius 2 is 2.00 bits per heavy atom. The number of rotatable bonds is 8. The molecule has 1 aromatic heterocycles. The lowest BCUT2D eigenvalue weighted by atomic mass is 9.91. The van der Waals surface area contributed by atoms with Crippen molar-refractivity contribution in [2.24, 2.45) is 5.92 Å². The van der Waals surface area contributed by atoms with Crippen molar-refractivity contribution < 1.29 is 23.8 Å². The molecule has 3 heterocycles. The summed E-state index contributed by atoms with van der Waals surface area (Å²) in [7, 11) is 1.53. The number of fused-ring (bicyclic) bond motifs is 1. The van der Waals surface area contributed by atoms with Gasteiger partial charge in [0.25, 0.3) is 0 Å². The van der Waals surface area contributed by atoms with Gasteiger partial charge in [0.05, 0.1) is 19.2 Å². The summed E-state index contributed by atoms with van der Waals surface area (Å²) in [5.41, 5.74) is 5.55. The van der Waals surface area contributed by atoms with Gasteiger partial charge in [-0.1, -0.05) is 37.3 Å². The molecule has 3 aromatic rings. The predicted molar refractivity (Wildman–Crippen MR) is 139 cm³/mol. The van der Waals surface area contributed by atoms with Gasteiger partial charge >= 0.3 is 5.97 Å². The van der Waals surface area contributed by atoms with Crippen LogP contribution in [-0.2, 0) is 24.2 Å². The fourth-order valence-electron chi connectivity index (χ4n) is 5.34. The Labute approximate surface area is 217 Å². The Morgan fingerprint density at radius 1 is 1.19 bits per heavy atom. The predicted octanol–water partition coefficient (Wildman–Crippen LogP) is 5.82. The number of ether oxygens (including phenoxy) is 2. The molecule has 1 unspecified atom stereocenters. The van der Waals surface area contributed by atoms with Gasteiger partial charge < -0.3 is 14.6 Å². The molecule has 0 radical (unpaired) electrons. The van der Waals surface area contributed by atoms with Crippen molar-refractivity contribution in [3.05, 3.63) is 76.7 Å². The zero-order valence-corrected chi connectivity index (χ0v) is 21.4. The normalized spacial score (nSPS) is 18.2. The average molecular weight is 505 g/mol. The Kier molecular flexibility index (Phi) is 7.42. The number of methoxy groups -OCH3 is 1. The first-order chi connectivity index (χ1) is 17.9. The van der Waals surface area contributed by atoms with Crippen LogP contribution in [0.5, 0.6) is 11.6 Å². The number of halogens is 1. The molecule has 1 saturated heterocycles.